The van der Waals surface area contributed by atoms with E-state index in [-0.39, 0.29) is 35.6 Å². The highest BCUT2D eigenvalue weighted by atomic mass is 16.6. The first-order valence-corrected chi connectivity index (χ1v) is 6.88. The molecule has 0 amide bonds. The van der Waals surface area contributed by atoms with Gasteiger partial charge in [0.2, 0.25) is 0 Å². The van der Waals surface area contributed by atoms with E-state index in [0.29, 0.717) is 12.8 Å². The zero-order chi connectivity index (χ0) is 13.3. The molecule has 1 aliphatic carbocycles. The number of allylic oxidation sites excluding steroid dienone is 2. The molecular weight excluding hydrogens is 228 g/mol. The third-order valence-corrected chi connectivity index (χ3v) is 4.42. The molecular formula is C15H22O3. The quantitative estimate of drug-likeness (QED) is 0.490. The van der Waals surface area contributed by atoms with Crippen LogP contribution in [0, 0.1) is 17.8 Å². The molecule has 0 aromatic heterocycles. The fraction of sp³-hybridized carbons (Fsp3) is 0.733. The largest absolute Gasteiger partial charge is 0.462 e. The highest BCUT2D eigenvalue weighted by Crippen LogP contribution is 2.36. The van der Waals surface area contributed by atoms with Gasteiger partial charge in [0.1, 0.15) is 11.9 Å². The van der Waals surface area contributed by atoms with Gasteiger partial charge in [-0.05, 0) is 26.2 Å². The summed E-state index contributed by atoms with van der Waals surface area (Å²) in [5.41, 5.74) is 1.25. The minimum atomic E-state index is -0.0921. The molecule has 0 bridgehead atoms. The summed E-state index contributed by atoms with van der Waals surface area (Å²) in [5.74, 6) is 0.396. The van der Waals surface area contributed by atoms with Gasteiger partial charge in [-0.2, -0.15) is 0 Å². The van der Waals surface area contributed by atoms with E-state index < -0.39 is 0 Å². The summed E-state index contributed by atoms with van der Waals surface area (Å²) in [6, 6.07) is 0. The van der Waals surface area contributed by atoms with E-state index in [2.05, 4.69) is 6.92 Å². The lowest BCUT2D eigenvalue weighted by atomic mass is 9.81. The standard InChI is InChI=1S/C15H22O3/c1-9-4-6-12-11(3)15(17)18-14(12)8-10(2)13(16)7-5-9/h5,10-12,14H,4,6-8H2,1-3H3/b9-5-/t10-,11+,12+,14+/m0/s1. The van der Waals surface area contributed by atoms with Crippen molar-refractivity contribution < 1.29 is 14.3 Å². The van der Waals surface area contributed by atoms with Crippen molar-refractivity contribution in [2.24, 2.45) is 17.8 Å². The van der Waals surface area contributed by atoms with E-state index in [1.54, 1.807) is 0 Å². The minimum absolute atomic E-state index is 0.0160. The minimum Gasteiger partial charge on any atom is -0.462 e. The SMILES string of the molecule is C/C1=C/CC(=O)[C@@H](C)C[C@H]2OC(=O)[C@H](C)[C@H]2CC1. The van der Waals surface area contributed by atoms with Crippen molar-refractivity contribution in [3.05, 3.63) is 11.6 Å². The van der Waals surface area contributed by atoms with Gasteiger partial charge in [0, 0.05) is 18.3 Å². The van der Waals surface area contributed by atoms with Gasteiger partial charge in [0.15, 0.2) is 0 Å². The van der Waals surface area contributed by atoms with E-state index in [0.717, 1.165) is 12.8 Å². The number of fused-ring (bicyclic) bond motifs is 1. The molecule has 0 saturated carbocycles. The van der Waals surface area contributed by atoms with Gasteiger partial charge in [0.25, 0.3) is 0 Å². The summed E-state index contributed by atoms with van der Waals surface area (Å²) in [6.45, 7) is 5.96. The third-order valence-electron chi connectivity index (χ3n) is 4.42. The van der Waals surface area contributed by atoms with Crippen LogP contribution in [0.3, 0.4) is 0 Å². The van der Waals surface area contributed by atoms with Crippen LogP contribution >= 0.6 is 0 Å². The maximum Gasteiger partial charge on any atom is 0.309 e. The topological polar surface area (TPSA) is 43.4 Å². The number of Topliss-reactive ketones (excluding diaryl/α,β-unsaturated/α-hetero) is 1. The molecule has 0 N–H and O–H groups in total. The van der Waals surface area contributed by atoms with E-state index in [4.69, 9.17) is 4.74 Å². The Kier molecular flexibility index (Phi) is 3.88. The Morgan fingerprint density at radius 1 is 1.28 bits per heavy atom. The number of ether oxygens (including phenoxy) is 1. The molecule has 1 aliphatic heterocycles. The number of esters is 1. The van der Waals surface area contributed by atoms with Gasteiger partial charge in [-0.1, -0.05) is 25.5 Å². The summed E-state index contributed by atoms with van der Waals surface area (Å²) in [7, 11) is 0. The monoisotopic (exact) mass is 250 g/mol. The summed E-state index contributed by atoms with van der Waals surface area (Å²) in [4.78, 5) is 23.6. The molecule has 1 fully saturated rings. The van der Waals surface area contributed by atoms with Crippen LogP contribution in [0.15, 0.2) is 11.6 Å². The van der Waals surface area contributed by atoms with Crippen LogP contribution in [0.2, 0.25) is 0 Å². The molecule has 0 spiro atoms. The maximum atomic E-state index is 11.9. The average Bonchev–Trinajstić information content (AvgIpc) is 2.59. The predicted molar refractivity (Wildman–Crippen MR) is 68.9 cm³/mol. The Morgan fingerprint density at radius 2 is 2.00 bits per heavy atom. The molecule has 0 radical (unpaired) electrons. The zero-order valence-electron chi connectivity index (χ0n) is 11.4. The number of rotatable bonds is 0. The summed E-state index contributed by atoms with van der Waals surface area (Å²) in [6.07, 6.45) is 5.14. The number of carbonyl (C=O) groups is 2. The maximum absolute atomic E-state index is 11.9. The van der Waals surface area contributed by atoms with Gasteiger partial charge >= 0.3 is 5.97 Å². The Morgan fingerprint density at radius 3 is 2.72 bits per heavy atom. The molecule has 18 heavy (non-hydrogen) atoms. The first-order chi connectivity index (χ1) is 8.49. The van der Waals surface area contributed by atoms with E-state index >= 15 is 0 Å². The van der Waals surface area contributed by atoms with Gasteiger partial charge < -0.3 is 4.74 Å². The lowest BCUT2D eigenvalue weighted by Gasteiger charge is -2.23. The van der Waals surface area contributed by atoms with Crippen molar-refractivity contribution in [1.82, 2.24) is 0 Å². The van der Waals surface area contributed by atoms with Crippen LogP contribution in [0.1, 0.15) is 46.5 Å². The van der Waals surface area contributed by atoms with Crippen molar-refractivity contribution in [2.75, 3.05) is 0 Å². The molecule has 1 saturated heterocycles. The first-order valence-electron chi connectivity index (χ1n) is 6.88. The van der Waals surface area contributed by atoms with Crippen molar-refractivity contribution in [3.63, 3.8) is 0 Å². The second-order valence-electron chi connectivity index (χ2n) is 5.82. The Hall–Kier alpha value is -1.12. The van der Waals surface area contributed by atoms with Crippen molar-refractivity contribution >= 4 is 11.8 Å². The zero-order valence-corrected chi connectivity index (χ0v) is 11.4. The number of ketones is 1. The molecule has 2 rings (SSSR count). The molecule has 0 aromatic rings. The van der Waals surface area contributed by atoms with Gasteiger partial charge in [-0.25, -0.2) is 0 Å². The van der Waals surface area contributed by atoms with E-state index in [9.17, 15) is 9.59 Å². The van der Waals surface area contributed by atoms with Crippen LogP contribution in [0.25, 0.3) is 0 Å². The van der Waals surface area contributed by atoms with Crippen molar-refractivity contribution in [2.45, 2.75) is 52.6 Å². The molecule has 100 valence electrons. The summed E-state index contributed by atoms with van der Waals surface area (Å²) in [5, 5.41) is 0. The fourth-order valence-corrected chi connectivity index (χ4v) is 2.95. The van der Waals surface area contributed by atoms with E-state index in [1.165, 1.54) is 5.57 Å². The van der Waals surface area contributed by atoms with Crippen LogP contribution in [-0.4, -0.2) is 17.9 Å². The number of carbonyl (C=O) groups excluding carboxylic acids is 2. The third kappa shape index (κ3) is 2.65. The van der Waals surface area contributed by atoms with Crippen LogP contribution in [-0.2, 0) is 14.3 Å². The number of hydrogen-bond donors (Lipinski definition) is 0. The van der Waals surface area contributed by atoms with Crippen LogP contribution in [0.5, 0.6) is 0 Å². The molecule has 4 atom stereocenters. The van der Waals surface area contributed by atoms with Crippen molar-refractivity contribution in [3.8, 4) is 0 Å². The van der Waals surface area contributed by atoms with Crippen molar-refractivity contribution in [1.29, 1.82) is 0 Å². The van der Waals surface area contributed by atoms with Gasteiger partial charge in [-0.3, -0.25) is 9.59 Å². The normalized spacial score (nSPS) is 40.7. The molecule has 3 heteroatoms. The summed E-state index contributed by atoms with van der Waals surface area (Å²) < 4.78 is 5.45. The highest BCUT2D eigenvalue weighted by molar-refractivity contribution is 5.82. The predicted octanol–water partition coefficient (Wildman–Crippen LogP) is 2.89. The van der Waals surface area contributed by atoms with Crippen LogP contribution < -0.4 is 0 Å². The molecule has 0 unspecified atom stereocenters. The van der Waals surface area contributed by atoms with E-state index in [1.807, 2.05) is 19.9 Å². The molecule has 3 nitrogen and oxygen atoms in total. The summed E-state index contributed by atoms with van der Waals surface area (Å²) >= 11 is 0. The number of hydrogen-bond acceptors (Lipinski definition) is 3. The molecule has 1 heterocycles. The second kappa shape index (κ2) is 5.25. The first kappa shape index (κ1) is 13.3. The van der Waals surface area contributed by atoms with Gasteiger partial charge in [0.05, 0.1) is 5.92 Å². The lowest BCUT2D eigenvalue weighted by Crippen LogP contribution is -2.25. The molecule has 0 aromatic carbocycles. The lowest BCUT2D eigenvalue weighted by molar-refractivity contribution is -0.145. The highest BCUT2D eigenvalue weighted by Gasteiger charge is 2.42. The molecule has 2 aliphatic rings. The second-order valence-corrected chi connectivity index (χ2v) is 5.82. The average molecular weight is 250 g/mol. The Labute approximate surface area is 109 Å². The Bertz CT molecular complexity index is 383. The fourth-order valence-electron chi connectivity index (χ4n) is 2.95. The van der Waals surface area contributed by atoms with Crippen LogP contribution in [0.4, 0.5) is 0 Å². The van der Waals surface area contributed by atoms with Gasteiger partial charge in [-0.15, -0.1) is 0 Å². The smallest absolute Gasteiger partial charge is 0.309 e. The Balaban J connectivity index is 2.19.